The van der Waals surface area contributed by atoms with E-state index in [0.29, 0.717) is 18.1 Å². The number of benzene rings is 1. The molecule has 0 saturated carbocycles. The van der Waals surface area contributed by atoms with Gasteiger partial charge in [-0.05, 0) is 49.9 Å². The van der Waals surface area contributed by atoms with E-state index in [9.17, 15) is 9.59 Å². The number of rotatable bonds is 8. The highest BCUT2D eigenvalue weighted by atomic mass is 35.5. The average molecular weight is 341 g/mol. The van der Waals surface area contributed by atoms with E-state index < -0.39 is 0 Å². The normalized spacial score (nSPS) is 10.5. The van der Waals surface area contributed by atoms with E-state index in [4.69, 9.17) is 16.3 Å². The standard InChI is InChI=1S/C17H25ClN2O3/c1-4-13(5-2)17(22)20-19-16(21)7-6-10-23-15-9-8-14(18)11-12(15)3/h8-9,11,13H,4-7,10H2,1-3H3,(H,19,21)(H,20,22). The van der Waals surface area contributed by atoms with Crippen molar-refractivity contribution < 1.29 is 14.3 Å². The quantitative estimate of drug-likeness (QED) is 0.563. The summed E-state index contributed by atoms with van der Waals surface area (Å²) in [5, 5.41) is 0.669. The molecule has 0 heterocycles. The highest BCUT2D eigenvalue weighted by Crippen LogP contribution is 2.21. The van der Waals surface area contributed by atoms with Crippen LogP contribution in [0.15, 0.2) is 18.2 Å². The highest BCUT2D eigenvalue weighted by Gasteiger charge is 2.14. The van der Waals surface area contributed by atoms with Gasteiger partial charge in [0.15, 0.2) is 0 Å². The molecule has 6 heteroatoms. The van der Waals surface area contributed by atoms with Crippen molar-refractivity contribution in [1.29, 1.82) is 0 Å². The number of nitrogens with one attached hydrogen (secondary N) is 2. The van der Waals surface area contributed by atoms with E-state index in [1.165, 1.54) is 0 Å². The van der Waals surface area contributed by atoms with E-state index in [1.54, 1.807) is 6.07 Å². The maximum absolute atomic E-state index is 11.7. The summed E-state index contributed by atoms with van der Waals surface area (Å²) < 4.78 is 5.61. The molecule has 5 nitrogen and oxygen atoms in total. The molecular weight excluding hydrogens is 316 g/mol. The lowest BCUT2D eigenvalue weighted by molar-refractivity contribution is -0.131. The molecule has 0 atom stereocenters. The molecule has 0 saturated heterocycles. The third kappa shape index (κ3) is 6.91. The summed E-state index contributed by atoms with van der Waals surface area (Å²) in [7, 11) is 0. The SMILES string of the molecule is CCC(CC)C(=O)NNC(=O)CCCOc1ccc(Cl)cc1C. The van der Waals surface area contributed by atoms with Gasteiger partial charge in [-0.2, -0.15) is 0 Å². The second-order valence-electron chi connectivity index (χ2n) is 5.41. The van der Waals surface area contributed by atoms with Gasteiger partial charge in [0.25, 0.3) is 0 Å². The summed E-state index contributed by atoms with van der Waals surface area (Å²) in [6.07, 6.45) is 2.36. The molecule has 0 aliphatic rings. The van der Waals surface area contributed by atoms with Crippen LogP contribution in [0.2, 0.25) is 5.02 Å². The molecule has 2 N–H and O–H groups in total. The fourth-order valence-electron chi connectivity index (χ4n) is 2.14. The summed E-state index contributed by atoms with van der Waals surface area (Å²) in [5.74, 6) is 0.334. The summed E-state index contributed by atoms with van der Waals surface area (Å²) >= 11 is 5.88. The van der Waals surface area contributed by atoms with Crippen molar-refractivity contribution in [3.05, 3.63) is 28.8 Å². The van der Waals surface area contributed by atoms with Gasteiger partial charge in [-0.15, -0.1) is 0 Å². The van der Waals surface area contributed by atoms with Gasteiger partial charge in [0.1, 0.15) is 5.75 Å². The van der Waals surface area contributed by atoms with Crippen LogP contribution >= 0.6 is 11.6 Å². The maximum Gasteiger partial charge on any atom is 0.241 e. The van der Waals surface area contributed by atoms with Crippen LogP contribution in [0.1, 0.15) is 45.1 Å². The minimum atomic E-state index is -0.222. The number of carbonyl (C=O) groups is 2. The lowest BCUT2D eigenvalue weighted by Gasteiger charge is -2.13. The Kier molecular flexibility index (Phi) is 8.48. The first-order valence-electron chi connectivity index (χ1n) is 7.95. The Labute approximate surface area is 142 Å². The fourth-order valence-corrected chi connectivity index (χ4v) is 2.37. The number of hydrogen-bond acceptors (Lipinski definition) is 3. The summed E-state index contributed by atoms with van der Waals surface area (Å²) in [5.41, 5.74) is 5.86. The Morgan fingerprint density at radius 2 is 1.91 bits per heavy atom. The molecule has 1 aromatic carbocycles. The zero-order chi connectivity index (χ0) is 17.2. The largest absolute Gasteiger partial charge is 0.493 e. The Balaban J connectivity index is 2.22. The van der Waals surface area contributed by atoms with Gasteiger partial charge >= 0.3 is 0 Å². The van der Waals surface area contributed by atoms with Crippen molar-refractivity contribution in [2.45, 2.75) is 46.5 Å². The van der Waals surface area contributed by atoms with Gasteiger partial charge in [0, 0.05) is 17.4 Å². The Morgan fingerprint density at radius 3 is 2.52 bits per heavy atom. The molecule has 2 amide bonds. The molecule has 0 spiro atoms. The van der Waals surface area contributed by atoms with Crippen molar-refractivity contribution in [3.8, 4) is 5.75 Å². The Bertz CT molecular complexity index is 531. The van der Waals surface area contributed by atoms with Crippen molar-refractivity contribution >= 4 is 23.4 Å². The first-order valence-corrected chi connectivity index (χ1v) is 8.33. The summed E-state index contributed by atoms with van der Waals surface area (Å²) in [6, 6.07) is 5.41. The van der Waals surface area contributed by atoms with Crippen LogP contribution in [0.4, 0.5) is 0 Å². The van der Waals surface area contributed by atoms with Gasteiger partial charge in [-0.3, -0.25) is 20.4 Å². The third-order valence-electron chi connectivity index (χ3n) is 3.62. The van der Waals surface area contributed by atoms with E-state index >= 15 is 0 Å². The molecular formula is C17H25ClN2O3. The summed E-state index contributed by atoms with van der Waals surface area (Å²) in [6.45, 7) is 6.25. The van der Waals surface area contributed by atoms with Crippen LogP contribution in [-0.4, -0.2) is 18.4 Å². The average Bonchev–Trinajstić information content (AvgIpc) is 2.52. The number of aryl methyl sites for hydroxylation is 1. The Morgan fingerprint density at radius 1 is 1.22 bits per heavy atom. The highest BCUT2D eigenvalue weighted by molar-refractivity contribution is 6.30. The second kappa shape index (κ2) is 10.1. The van der Waals surface area contributed by atoms with Crippen LogP contribution in [-0.2, 0) is 9.59 Å². The lowest BCUT2D eigenvalue weighted by atomic mass is 10.0. The molecule has 0 aliphatic carbocycles. The van der Waals surface area contributed by atoms with E-state index in [1.807, 2.05) is 32.9 Å². The predicted molar refractivity (Wildman–Crippen MR) is 91.3 cm³/mol. The molecule has 1 aromatic rings. The van der Waals surface area contributed by atoms with Crippen molar-refractivity contribution in [2.75, 3.05) is 6.61 Å². The lowest BCUT2D eigenvalue weighted by Crippen LogP contribution is -2.44. The first kappa shape index (κ1) is 19.3. The molecule has 128 valence electrons. The number of hydrogen-bond donors (Lipinski definition) is 2. The molecule has 1 rings (SSSR count). The summed E-state index contributed by atoms with van der Waals surface area (Å²) in [4.78, 5) is 23.4. The van der Waals surface area contributed by atoms with Gasteiger partial charge in [-0.25, -0.2) is 0 Å². The molecule has 0 aliphatic heterocycles. The Hall–Kier alpha value is -1.75. The second-order valence-corrected chi connectivity index (χ2v) is 5.85. The van der Waals surface area contributed by atoms with Crippen LogP contribution in [0.25, 0.3) is 0 Å². The number of hydrazine groups is 1. The van der Waals surface area contributed by atoms with Crippen molar-refractivity contribution in [2.24, 2.45) is 5.92 Å². The van der Waals surface area contributed by atoms with E-state index in [0.717, 1.165) is 24.2 Å². The van der Waals surface area contributed by atoms with Crippen LogP contribution in [0.3, 0.4) is 0 Å². The maximum atomic E-state index is 11.7. The van der Waals surface area contributed by atoms with Crippen molar-refractivity contribution in [1.82, 2.24) is 10.9 Å². The molecule has 23 heavy (non-hydrogen) atoms. The van der Waals surface area contributed by atoms with Crippen molar-refractivity contribution in [3.63, 3.8) is 0 Å². The number of amides is 2. The zero-order valence-electron chi connectivity index (χ0n) is 13.9. The van der Waals surface area contributed by atoms with Gasteiger partial charge in [0.05, 0.1) is 6.61 Å². The van der Waals surface area contributed by atoms with Gasteiger partial charge in [0.2, 0.25) is 11.8 Å². The minimum Gasteiger partial charge on any atom is -0.493 e. The molecule has 0 bridgehead atoms. The predicted octanol–water partition coefficient (Wildman–Crippen LogP) is 3.39. The zero-order valence-corrected chi connectivity index (χ0v) is 14.7. The monoisotopic (exact) mass is 340 g/mol. The first-order chi connectivity index (χ1) is 11.0. The minimum absolute atomic E-state index is 0.0634. The molecule has 0 fully saturated rings. The van der Waals surface area contributed by atoms with Gasteiger partial charge in [-0.1, -0.05) is 25.4 Å². The number of carbonyl (C=O) groups excluding carboxylic acids is 2. The van der Waals surface area contributed by atoms with Crippen LogP contribution in [0.5, 0.6) is 5.75 Å². The van der Waals surface area contributed by atoms with Gasteiger partial charge < -0.3 is 4.74 Å². The number of ether oxygens (including phenoxy) is 1. The molecule has 0 radical (unpaired) electrons. The van der Waals surface area contributed by atoms with E-state index in [2.05, 4.69) is 10.9 Å². The van der Waals surface area contributed by atoms with Crippen LogP contribution < -0.4 is 15.6 Å². The molecule has 0 aromatic heterocycles. The smallest absolute Gasteiger partial charge is 0.241 e. The fraction of sp³-hybridized carbons (Fsp3) is 0.529. The topological polar surface area (TPSA) is 67.4 Å². The van der Waals surface area contributed by atoms with Crippen LogP contribution in [0, 0.1) is 12.8 Å². The third-order valence-corrected chi connectivity index (χ3v) is 3.86. The van der Waals surface area contributed by atoms with E-state index in [-0.39, 0.29) is 24.2 Å². The molecule has 0 unspecified atom stereocenters. The number of halogens is 1.